The van der Waals surface area contributed by atoms with Gasteiger partial charge in [-0.05, 0) is 41.8 Å². The van der Waals surface area contributed by atoms with Gasteiger partial charge in [0.2, 0.25) is 0 Å². The topological polar surface area (TPSA) is 53.7 Å². The highest BCUT2D eigenvalue weighted by Crippen LogP contribution is 2.29. The molecule has 0 amide bonds. The lowest BCUT2D eigenvalue weighted by atomic mass is 10.1. The molecule has 2 aromatic carbocycles. The Hall–Kier alpha value is -3.18. The molecule has 0 aliphatic carbocycles. The van der Waals surface area contributed by atoms with E-state index in [0.717, 1.165) is 33.8 Å². The number of hydrogen-bond acceptors (Lipinski definition) is 4. The number of rotatable bonds is 4. The number of aliphatic hydroxyl groups excluding tert-OH is 1. The minimum atomic E-state index is 0.0404. The van der Waals surface area contributed by atoms with E-state index in [9.17, 15) is 5.11 Å². The Balaban J connectivity index is 1.79. The molecule has 2 heterocycles. The van der Waals surface area contributed by atoms with Gasteiger partial charge in [-0.15, -0.1) is 0 Å². The van der Waals surface area contributed by atoms with Gasteiger partial charge in [-0.3, -0.25) is 0 Å². The molecule has 0 aliphatic rings. The van der Waals surface area contributed by atoms with Crippen LogP contribution in [0.25, 0.3) is 16.8 Å². The van der Waals surface area contributed by atoms with Crippen LogP contribution in [0.3, 0.4) is 0 Å². The minimum Gasteiger partial charge on any atom is -0.392 e. The molecule has 5 heteroatoms. The van der Waals surface area contributed by atoms with Crippen molar-refractivity contribution in [3.63, 3.8) is 0 Å². The van der Waals surface area contributed by atoms with Gasteiger partial charge < -0.3 is 10.0 Å². The van der Waals surface area contributed by atoms with Gasteiger partial charge in [0, 0.05) is 24.5 Å². The second-order valence-electron chi connectivity index (χ2n) is 6.35. The molecule has 0 saturated carbocycles. The first-order valence-corrected chi connectivity index (χ1v) is 8.50. The summed E-state index contributed by atoms with van der Waals surface area (Å²) in [6, 6.07) is 18.1. The Kier molecular flexibility index (Phi) is 4.14. The summed E-state index contributed by atoms with van der Waals surface area (Å²) in [5, 5.41) is 13.8. The van der Waals surface area contributed by atoms with E-state index in [1.807, 2.05) is 54.3 Å². The first-order valence-electron chi connectivity index (χ1n) is 8.50. The lowest BCUT2D eigenvalue weighted by Crippen LogP contribution is -2.14. The molecule has 0 atom stereocenters. The smallest absolute Gasteiger partial charge is 0.165 e. The van der Waals surface area contributed by atoms with Crippen LogP contribution in [0.2, 0.25) is 0 Å². The van der Waals surface area contributed by atoms with Crippen molar-refractivity contribution in [1.29, 1.82) is 0 Å². The molecule has 0 aliphatic heterocycles. The van der Waals surface area contributed by atoms with Gasteiger partial charge in [0.05, 0.1) is 12.8 Å². The van der Waals surface area contributed by atoms with Crippen LogP contribution in [0.5, 0.6) is 0 Å². The van der Waals surface area contributed by atoms with Crippen LogP contribution in [-0.4, -0.2) is 26.8 Å². The lowest BCUT2D eigenvalue weighted by molar-refractivity contribution is 0.282. The predicted molar refractivity (Wildman–Crippen MR) is 104 cm³/mol. The Labute approximate surface area is 152 Å². The van der Waals surface area contributed by atoms with Crippen molar-refractivity contribution in [2.45, 2.75) is 13.5 Å². The molecule has 130 valence electrons. The number of aliphatic hydroxyl groups is 1. The molecule has 5 nitrogen and oxygen atoms in total. The van der Waals surface area contributed by atoms with Gasteiger partial charge in [-0.1, -0.05) is 36.4 Å². The molecule has 0 spiro atoms. The number of fused-ring (bicyclic) bond motifs is 1. The van der Waals surface area contributed by atoms with Crippen LogP contribution in [0.15, 0.2) is 67.0 Å². The van der Waals surface area contributed by atoms with Crippen LogP contribution >= 0.6 is 0 Å². The average Bonchev–Trinajstić information content (AvgIpc) is 3.11. The van der Waals surface area contributed by atoms with E-state index in [-0.39, 0.29) is 6.61 Å². The first kappa shape index (κ1) is 16.3. The van der Waals surface area contributed by atoms with Crippen molar-refractivity contribution in [2.24, 2.45) is 0 Å². The van der Waals surface area contributed by atoms with Crippen LogP contribution in [-0.2, 0) is 6.61 Å². The number of aromatic nitrogens is 3. The molecule has 26 heavy (non-hydrogen) atoms. The zero-order chi connectivity index (χ0) is 18.1. The van der Waals surface area contributed by atoms with Gasteiger partial charge in [-0.25, -0.2) is 4.98 Å². The third-order valence-electron chi connectivity index (χ3n) is 4.56. The SMILES string of the molecule is Cc1cccc(N(C)c2ccnc3c(-c4ccc(CO)cc4)cnn23)c1. The second-order valence-corrected chi connectivity index (χ2v) is 6.35. The van der Waals surface area contributed by atoms with Gasteiger partial charge in [0.25, 0.3) is 0 Å². The maximum atomic E-state index is 9.22. The monoisotopic (exact) mass is 344 g/mol. The van der Waals surface area contributed by atoms with Crippen LogP contribution in [0.4, 0.5) is 11.5 Å². The van der Waals surface area contributed by atoms with E-state index in [1.54, 1.807) is 0 Å². The second kappa shape index (κ2) is 6.61. The molecule has 0 radical (unpaired) electrons. The van der Waals surface area contributed by atoms with E-state index < -0.39 is 0 Å². The van der Waals surface area contributed by atoms with Crippen LogP contribution < -0.4 is 4.90 Å². The molecule has 0 saturated heterocycles. The highest BCUT2D eigenvalue weighted by atomic mass is 16.3. The van der Waals surface area contributed by atoms with Crippen molar-refractivity contribution in [3.05, 3.63) is 78.1 Å². The lowest BCUT2D eigenvalue weighted by Gasteiger charge is -2.20. The highest BCUT2D eigenvalue weighted by molar-refractivity contribution is 5.78. The number of nitrogens with zero attached hydrogens (tertiary/aromatic N) is 4. The summed E-state index contributed by atoms with van der Waals surface area (Å²) in [4.78, 5) is 6.64. The fourth-order valence-corrected chi connectivity index (χ4v) is 3.10. The van der Waals surface area contributed by atoms with Crippen molar-refractivity contribution in [1.82, 2.24) is 14.6 Å². The normalized spacial score (nSPS) is 11.0. The number of benzene rings is 2. The molecular weight excluding hydrogens is 324 g/mol. The summed E-state index contributed by atoms with van der Waals surface area (Å²) in [5.74, 6) is 0.943. The summed E-state index contributed by atoms with van der Waals surface area (Å²) in [7, 11) is 2.03. The zero-order valence-corrected chi connectivity index (χ0v) is 14.8. The van der Waals surface area contributed by atoms with E-state index >= 15 is 0 Å². The van der Waals surface area contributed by atoms with Gasteiger partial charge >= 0.3 is 0 Å². The maximum Gasteiger partial charge on any atom is 0.165 e. The molecule has 2 aromatic heterocycles. The molecule has 4 rings (SSSR count). The summed E-state index contributed by atoms with van der Waals surface area (Å²) in [6.45, 7) is 2.13. The van der Waals surface area contributed by atoms with Gasteiger partial charge in [-0.2, -0.15) is 9.61 Å². The van der Waals surface area contributed by atoms with Gasteiger partial charge in [0.1, 0.15) is 5.82 Å². The fourth-order valence-electron chi connectivity index (χ4n) is 3.10. The van der Waals surface area contributed by atoms with Crippen molar-refractivity contribution >= 4 is 17.2 Å². The molecule has 1 N–H and O–H groups in total. The minimum absolute atomic E-state index is 0.0404. The molecule has 4 aromatic rings. The zero-order valence-electron chi connectivity index (χ0n) is 14.8. The van der Waals surface area contributed by atoms with Crippen LogP contribution in [0, 0.1) is 6.92 Å². The average molecular weight is 344 g/mol. The van der Waals surface area contributed by atoms with E-state index in [0.29, 0.717) is 0 Å². The van der Waals surface area contributed by atoms with Crippen molar-refractivity contribution < 1.29 is 5.11 Å². The largest absolute Gasteiger partial charge is 0.392 e. The first-order chi connectivity index (χ1) is 12.7. The maximum absolute atomic E-state index is 9.22. The predicted octanol–water partition coefficient (Wildman–Crippen LogP) is 3.96. The Bertz CT molecular complexity index is 1050. The van der Waals surface area contributed by atoms with E-state index in [2.05, 4.69) is 46.2 Å². The number of hydrogen-bond donors (Lipinski definition) is 1. The van der Waals surface area contributed by atoms with Crippen LogP contribution in [0.1, 0.15) is 11.1 Å². The van der Waals surface area contributed by atoms with E-state index in [4.69, 9.17) is 0 Å². The Morgan fingerprint density at radius 1 is 1.08 bits per heavy atom. The van der Waals surface area contributed by atoms with Crippen molar-refractivity contribution in [3.8, 4) is 11.1 Å². The highest BCUT2D eigenvalue weighted by Gasteiger charge is 2.14. The molecule has 0 unspecified atom stereocenters. The van der Waals surface area contributed by atoms with Gasteiger partial charge in [0.15, 0.2) is 5.65 Å². The summed E-state index contributed by atoms with van der Waals surface area (Å²) < 4.78 is 1.86. The number of aryl methyl sites for hydroxylation is 1. The standard InChI is InChI=1S/C21H20N4O/c1-15-4-3-5-18(12-15)24(2)20-10-11-22-21-19(13-23-25(20)21)17-8-6-16(14-26)7-9-17/h3-13,26H,14H2,1-2H3. The van der Waals surface area contributed by atoms with E-state index in [1.165, 1.54) is 5.56 Å². The molecular formula is C21H20N4O. The number of anilines is 2. The Morgan fingerprint density at radius 3 is 2.62 bits per heavy atom. The summed E-state index contributed by atoms with van der Waals surface area (Å²) >= 11 is 0. The quantitative estimate of drug-likeness (QED) is 0.609. The van der Waals surface area contributed by atoms with Crippen molar-refractivity contribution in [2.75, 3.05) is 11.9 Å². The summed E-state index contributed by atoms with van der Waals surface area (Å²) in [5.41, 5.74) is 6.00. The summed E-state index contributed by atoms with van der Waals surface area (Å²) in [6.07, 6.45) is 3.65. The Morgan fingerprint density at radius 2 is 1.88 bits per heavy atom. The third-order valence-corrected chi connectivity index (χ3v) is 4.56. The molecule has 0 fully saturated rings. The fraction of sp³-hybridized carbons (Fsp3) is 0.143. The third kappa shape index (κ3) is 2.82. The molecule has 0 bridgehead atoms.